The van der Waals surface area contributed by atoms with Crippen LogP contribution in [0, 0.1) is 0 Å². The molecule has 20 heteroatoms. The van der Waals surface area contributed by atoms with Crippen LogP contribution in [0.25, 0.3) is 43.5 Å². The lowest BCUT2D eigenvalue weighted by molar-refractivity contribution is -0.0767. The second-order valence-electron chi connectivity index (χ2n) is 12.3. The predicted molar refractivity (Wildman–Crippen MR) is 175 cm³/mol. The third-order valence-electron chi connectivity index (χ3n) is 9.22. The maximum absolute atomic E-state index is 13.2. The summed E-state index contributed by atoms with van der Waals surface area (Å²) in [5.74, 6) is -0.122. The van der Waals surface area contributed by atoms with Crippen molar-refractivity contribution in [2.75, 3.05) is 11.9 Å². The van der Waals surface area contributed by atoms with Gasteiger partial charge in [-0.05, 0) is 49.5 Å². The lowest BCUT2D eigenvalue weighted by atomic mass is 9.77. The van der Waals surface area contributed by atoms with Crippen LogP contribution in [0.2, 0.25) is 0 Å². The second kappa shape index (κ2) is 11.8. The Morgan fingerprint density at radius 2 is 1.70 bits per heavy atom. The number of aliphatic hydroxyl groups excluding tert-OH is 4. The van der Waals surface area contributed by atoms with Crippen molar-refractivity contribution >= 4 is 65.1 Å². The van der Waals surface area contributed by atoms with Crippen LogP contribution in [-0.4, -0.2) is 85.6 Å². The molecule has 4 aromatic carbocycles. The second-order valence-corrected chi connectivity index (χ2v) is 15.1. The number of aromatic amines is 1. The average molecular weight is 730 g/mol. The quantitative estimate of drug-likeness (QED) is 0.0798. The first-order valence-corrected chi connectivity index (χ1v) is 18.3. The van der Waals surface area contributed by atoms with Crippen molar-refractivity contribution in [2.24, 2.45) is 0 Å². The van der Waals surface area contributed by atoms with Gasteiger partial charge >= 0.3 is 15.6 Å². The van der Waals surface area contributed by atoms with Crippen molar-refractivity contribution in [3.8, 4) is 0 Å². The van der Waals surface area contributed by atoms with Gasteiger partial charge in [-0.1, -0.05) is 42.5 Å². The minimum Gasteiger partial charge on any atom is -0.390 e. The van der Waals surface area contributed by atoms with Crippen LogP contribution in [0.15, 0.2) is 59.7 Å². The molecule has 6 aromatic rings. The summed E-state index contributed by atoms with van der Waals surface area (Å²) in [7, 11) is -10.6. The zero-order chi connectivity index (χ0) is 35.3. The fraction of sp³-hybridized carbons (Fsp3) is 0.300. The van der Waals surface area contributed by atoms with E-state index >= 15 is 0 Å². The van der Waals surface area contributed by atoms with Crippen LogP contribution >= 0.6 is 15.6 Å². The Morgan fingerprint density at radius 3 is 2.44 bits per heavy atom. The van der Waals surface area contributed by atoms with E-state index in [0.717, 1.165) is 32.3 Å². The molecule has 2 aliphatic rings. The van der Waals surface area contributed by atoms with Gasteiger partial charge in [0.2, 0.25) is 5.95 Å². The number of imidazole rings is 1. The number of rotatable bonds is 8. The Bertz CT molecular complexity index is 2430. The molecule has 0 bridgehead atoms. The van der Waals surface area contributed by atoms with Gasteiger partial charge in [0.25, 0.3) is 5.56 Å². The molecule has 0 spiro atoms. The number of nitrogens with one attached hydrogen (secondary N) is 2. The Morgan fingerprint density at radius 1 is 0.980 bits per heavy atom. The van der Waals surface area contributed by atoms with Crippen molar-refractivity contribution in [1.29, 1.82) is 0 Å². The summed E-state index contributed by atoms with van der Waals surface area (Å²) in [6.45, 7) is -0.783. The number of aromatic nitrogens is 4. The third kappa shape index (κ3) is 5.59. The highest BCUT2D eigenvalue weighted by Gasteiger charge is 2.43. The number of fused-ring (bicyclic) bond motifs is 3. The van der Waals surface area contributed by atoms with E-state index < -0.39 is 70.6 Å². The Hall–Kier alpha value is -3.87. The van der Waals surface area contributed by atoms with Crippen LogP contribution in [0.5, 0.6) is 0 Å². The molecule has 1 fully saturated rings. The van der Waals surface area contributed by atoms with E-state index in [9.17, 15) is 39.2 Å². The van der Waals surface area contributed by atoms with E-state index in [-0.39, 0.29) is 23.5 Å². The number of anilines is 1. The first-order valence-electron chi connectivity index (χ1n) is 15.2. The molecule has 1 aliphatic heterocycles. The smallest absolute Gasteiger partial charge is 0.390 e. The SMILES string of the molecule is O=c1[nH]c(N[C@@H]2c3c(cc4ccc5cccc6ccc3c4c56)[C@H](O)[C@@H](O)[C@H]2O)nc2c1ncn2[C@H]1C[C@H](O)[C@@H](COP(=O)(O)OP(=O)(O)O)O1. The molecule has 50 heavy (non-hydrogen) atoms. The van der Waals surface area contributed by atoms with Crippen LogP contribution in [0.1, 0.15) is 35.9 Å². The van der Waals surface area contributed by atoms with Crippen molar-refractivity contribution < 1.29 is 57.8 Å². The zero-order valence-corrected chi connectivity index (χ0v) is 27.3. The number of phosphoric ester groups is 1. The molecule has 0 amide bonds. The highest BCUT2D eigenvalue weighted by Crippen LogP contribution is 2.57. The van der Waals surface area contributed by atoms with Gasteiger partial charge in [0.15, 0.2) is 11.2 Å². The molecule has 0 saturated carbocycles. The van der Waals surface area contributed by atoms with Gasteiger partial charge in [0.05, 0.1) is 25.1 Å². The number of benzene rings is 4. The highest BCUT2D eigenvalue weighted by molar-refractivity contribution is 7.60. The number of hydrogen-bond acceptors (Lipinski definition) is 13. The van der Waals surface area contributed by atoms with Crippen LogP contribution in [0.4, 0.5) is 5.95 Å². The largest absolute Gasteiger partial charge is 0.481 e. The van der Waals surface area contributed by atoms with E-state index in [1.165, 1.54) is 10.9 Å². The highest BCUT2D eigenvalue weighted by atomic mass is 31.3. The summed E-state index contributed by atoms with van der Waals surface area (Å²) in [5.41, 5.74) is 0.110. The Balaban J connectivity index is 1.14. The number of hydrogen-bond donors (Lipinski definition) is 9. The van der Waals surface area contributed by atoms with E-state index in [0.29, 0.717) is 11.1 Å². The minimum atomic E-state index is -5.36. The maximum atomic E-state index is 13.2. The summed E-state index contributed by atoms with van der Waals surface area (Å²) in [6.07, 6.45) is -7.00. The number of phosphoric acid groups is 2. The lowest BCUT2D eigenvalue weighted by Gasteiger charge is -2.38. The molecule has 2 aromatic heterocycles. The topological polar surface area (TPSA) is 279 Å². The lowest BCUT2D eigenvalue weighted by Crippen LogP contribution is -2.44. The minimum absolute atomic E-state index is 0.00540. The van der Waals surface area contributed by atoms with Crippen LogP contribution in [0.3, 0.4) is 0 Å². The number of nitrogens with zero attached hydrogens (tertiary/aromatic N) is 3. The van der Waals surface area contributed by atoms with Crippen LogP contribution in [-0.2, 0) is 22.7 Å². The molecule has 1 aliphatic carbocycles. The van der Waals surface area contributed by atoms with Crippen molar-refractivity contribution in [3.05, 3.63) is 76.3 Å². The standard InChI is InChI=1S/C30H29N5O13P2/c36-17-9-19(47-18(17)10-46-50(44,45)48-49(41,42)43)35-11-31-24-28(35)33-30(34-29(24)40)32-23-22-15-7-6-13-3-1-2-12-4-5-14(21(15)20(12)13)8-16(22)25(37)27(39)26(23)38/h1-8,11,17-19,23,25-27,36-39H,9-10H2,(H,44,45)(H2,41,42,43)(H2,32,33,34,40)/t17-,18+,19+,23+,25-,26-,27+/m0/s1. The van der Waals surface area contributed by atoms with E-state index in [2.05, 4.69) is 29.1 Å². The molecule has 262 valence electrons. The van der Waals surface area contributed by atoms with Crippen molar-refractivity contribution in [1.82, 2.24) is 19.5 Å². The molecular formula is C30H29N5O13P2. The Labute approximate surface area is 279 Å². The summed E-state index contributed by atoms with van der Waals surface area (Å²) < 4.78 is 38.3. The maximum Gasteiger partial charge on any atom is 0.481 e. The van der Waals surface area contributed by atoms with Crippen LogP contribution < -0.4 is 10.9 Å². The van der Waals surface area contributed by atoms with Crippen molar-refractivity contribution in [2.45, 2.75) is 49.2 Å². The normalized spacial score (nSPS) is 27.0. The average Bonchev–Trinajstić information content (AvgIpc) is 3.65. The van der Waals surface area contributed by atoms with Gasteiger partial charge in [-0.25, -0.2) is 14.1 Å². The van der Waals surface area contributed by atoms with Gasteiger partial charge in [-0.15, -0.1) is 0 Å². The van der Waals surface area contributed by atoms with Gasteiger partial charge in [0.1, 0.15) is 30.6 Å². The summed E-state index contributed by atoms with van der Waals surface area (Å²) in [6, 6.07) is 14.4. The van der Waals surface area contributed by atoms with Gasteiger partial charge in [0, 0.05) is 6.42 Å². The summed E-state index contributed by atoms with van der Waals surface area (Å²) in [4.78, 5) is 51.6. The molecule has 1 unspecified atom stereocenters. The monoisotopic (exact) mass is 729 g/mol. The molecule has 9 N–H and O–H groups in total. The molecule has 0 radical (unpaired) electrons. The fourth-order valence-corrected chi connectivity index (χ4v) is 8.66. The molecular weight excluding hydrogens is 700 g/mol. The molecule has 1 saturated heterocycles. The fourth-order valence-electron chi connectivity index (χ4n) is 7.06. The van der Waals surface area contributed by atoms with Gasteiger partial charge in [-0.2, -0.15) is 9.29 Å². The zero-order valence-electron chi connectivity index (χ0n) is 25.5. The molecule has 18 nitrogen and oxygen atoms in total. The van der Waals surface area contributed by atoms with E-state index in [1.54, 1.807) is 6.07 Å². The Kier molecular flexibility index (Phi) is 7.89. The molecule has 3 heterocycles. The van der Waals surface area contributed by atoms with E-state index in [1.807, 2.05) is 42.5 Å². The van der Waals surface area contributed by atoms with Gasteiger partial charge < -0.3 is 45.2 Å². The van der Waals surface area contributed by atoms with Crippen molar-refractivity contribution in [3.63, 3.8) is 0 Å². The third-order valence-corrected chi connectivity index (χ3v) is 11.4. The first kappa shape index (κ1) is 33.3. The first-order chi connectivity index (χ1) is 23.7. The summed E-state index contributed by atoms with van der Waals surface area (Å²) >= 11 is 0. The number of H-pyrrole nitrogens is 1. The number of ether oxygens (including phenoxy) is 1. The number of aliphatic hydroxyl groups is 4. The summed E-state index contributed by atoms with van der Waals surface area (Å²) in [5, 5.41) is 52.5. The molecule has 8 rings (SSSR count). The van der Waals surface area contributed by atoms with E-state index in [4.69, 9.17) is 14.5 Å². The predicted octanol–water partition coefficient (Wildman–Crippen LogP) is 1.81. The molecule has 8 atom stereocenters. The van der Waals surface area contributed by atoms with Gasteiger partial charge in [-0.3, -0.25) is 18.9 Å².